The van der Waals surface area contributed by atoms with E-state index in [1.54, 1.807) is 26.0 Å². The number of carboxylic acid groups (broad SMARTS) is 1. The number of halogens is 1. The van der Waals surface area contributed by atoms with E-state index in [0.717, 1.165) is 0 Å². The molecule has 5 nitrogen and oxygen atoms in total. The molecule has 19 heavy (non-hydrogen) atoms. The zero-order valence-corrected chi connectivity index (χ0v) is 12.3. The predicted octanol–water partition coefficient (Wildman–Crippen LogP) is 2.26. The van der Waals surface area contributed by atoms with Crippen molar-refractivity contribution in [3.05, 3.63) is 29.3 Å². The third kappa shape index (κ3) is 5.18. The molecule has 1 aromatic rings. The first kappa shape index (κ1) is 15.9. The standard InChI is InChI=1S/C12H16ClNO4S/c1-12(2,7-6-11(15)16)14-19(17,18)10-5-3-4-9(13)8-10/h3-5,8,14H,6-7H2,1-2H3,(H,15,16). The van der Waals surface area contributed by atoms with E-state index in [-0.39, 0.29) is 17.7 Å². The number of nitrogens with one attached hydrogen (secondary N) is 1. The van der Waals surface area contributed by atoms with Crippen molar-refractivity contribution in [3.63, 3.8) is 0 Å². The van der Waals surface area contributed by atoms with Crippen molar-refractivity contribution in [2.75, 3.05) is 0 Å². The second kappa shape index (κ2) is 5.90. The molecule has 2 N–H and O–H groups in total. The van der Waals surface area contributed by atoms with Crippen LogP contribution in [-0.2, 0) is 14.8 Å². The van der Waals surface area contributed by atoms with E-state index in [2.05, 4.69) is 4.72 Å². The van der Waals surface area contributed by atoms with Crippen molar-refractivity contribution in [1.82, 2.24) is 4.72 Å². The van der Waals surface area contributed by atoms with Gasteiger partial charge in [-0.3, -0.25) is 4.79 Å². The number of hydrogen-bond donors (Lipinski definition) is 2. The fourth-order valence-electron chi connectivity index (χ4n) is 1.53. The summed E-state index contributed by atoms with van der Waals surface area (Å²) in [4.78, 5) is 10.6. The summed E-state index contributed by atoms with van der Waals surface area (Å²) in [6.07, 6.45) is 0.0905. The Kier molecular flexibility index (Phi) is 4.95. The SMILES string of the molecule is CC(C)(CCC(=O)O)NS(=O)(=O)c1cccc(Cl)c1. The van der Waals surface area contributed by atoms with E-state index in [9.17, 15) is 13.2 Å². The van der Waals surface area contributed by atoms with E-state index in [4.69, 9.17) is 16.7 Å². The predicted molar refractivity (Wildman–Crippen MR) is 72.7 cm³/mol. The lowest BCUT2D eigenvalue weighted by atomic mass is 10.0. The number of aliphatic carboxylic acids is 1. The molecule has 0 amide bonds. The summed E-state index contributed by atoms with van der Waals surface area (Å²) < 4.78 is 26.7. The third-order valence-corrected chi connectivity index (χ3v) is 4.41. The van der Waals surface area contributed by atoms with Gasteiger partial charge >= 0.3 is 5.97 Å². The molecule has 0 atom stereocenters. The Morgan fingerprint density at radius 1 is 1.42 bits per heavy atom. The number of sulfonamides is 1. The van der Waals surface area contributed by atoms with Crippen LogP contribution in [0.3, 0.4) is 0 Å². The Balaban J connectivity index is 2.87. The molecule has 0 saturated heterocycles. The van der Waals surface area contributed by atoms with E-state index in [1.165, 1.54) is 12.1 Å². The van der Waals surface area contributed by atoms with Crippen LogP contribution in [0.15, 0.2) is 29.2 Å². The summed E-state index contributed by atoms with van der Waals surface area (Å²) in [5.74, 6) is -0.963. The van der Waals surface area contributed by atoms with Crippen LogP contribution in [0.5, 0.6) is 0 Å². The Morgan fingerprint density at radius 3 is 2.58 bits per heavy atom. The summed E-state index contributed by atoms with van der Waals surface area (Å²) in [5, 5.41) is 8.96. The van der Waals surface area contributed by atoms with Crippen molar-refractivity contribution in [3.8, 4) is 0 Å². The Hall–Kier alpha value is -1.11. The number of hydrogen-bond acceptors (Lipinski definition) is 3. The zero-order chi connectivity index (χ0) is 14.7. The minimum absolute atomic E-state index is 0.0587. The van der Waals surface area contributed by atoms with Crippen LogP contribution in [-0.4, -0.2) is 25.0 Å². The highest BCUT2D eigenvalue weighted by molar-refractivity contribution is 7.89. The van der Waals surface area contributed by atoms with Crippen LogP contribution in [0.25, 0.3) is 0 Å². The van der Waals surface area contributed by atoms with Gasteiger partial charge in [0.05, 0.1) is 4.90 Å². The van der Waals surface area contributed by atoms with Gasteiger partial charge < -0.3 is 5.11 Å². The van der Waals surface area contributed by atoms with E-state index in [1.807, 2.05) is 0 Å². The van der Waals surface area contributed by atoms with Crippen LogP contribution in [0.1, 0.15) is 26.7 Å². The molecule has 1 rings (SSSR count). The minimum Gasteiger partial charge on any atom is -0.481 e. The zero-order valence-electron chi connectivity index (χ0n) is 10.7. The number of carbonyl (C=O) groups is 1. The summed E-state index contributed by atoms with van der Waals surface area (Å²) in [6, 6.07) is 5.90. The fourth-order valence-corrected chi connectivity index (χ4v) is 3.27. The summed E-state index contributed by atoms with van der Waals surface area (Å²) in [5.41, 5.74) is -0.848. The first-order valence-electron chi connectivity index (χ1n) is 5.64. The first-order chi connectivity index (χ1) is 8.62. The van der Waals surface area contributed by atoms with Gasteiger partial charge in [0.15, 0.2) is 0 Å². The molecule has 106 valence electrons. The monoisotopic (exact) mass is 305 g/mol. The van der Waals surface area contributed by atoms with Crippen LogP contribution < -0.4 is 4.72 Å². The highest BCUT2D eigenvalue weighted by atomic mass is 35.5. The van der Waals surface area contributed by atoms with Crippen molar-refractivity contribution in [2.45, 2.75) is 37.1 Å². The normalized spacial score (nSPS) is 12.4. The van der Waals surface area contributed by atoms with Gasteiger partial charge in [-0.05, 0) is 38.5 Å². The lowest BCUT2D eigenvalue weighted by Gasteiger charge is -2.25. The molecule has 0 aliphatic rings. The Bertz CT molecular complexity index is 569. The summed E-state index contributed by atoms with van der Waals surface area (Å²) >= 11 is 5.75. The largest absolute Gasteiger partial charge is 0.481 e. The van der Waals surface area contributed by atoms with E-state index in [0.29, 0.717) is 5.02 Å². The van der Waals surface area contributed by atoms with Crippen LogP contribution in [0, 0.1) is 0 Å². The van der Waals surface area contributed by atoms with E-state index < -0.39 is 21.5 Å². The molecule has 7 heteroatoms. The van der Waals surface area contributed by atoms with Crippen molar-refractivity contribution in [1.29, 1.82) is 0 Å². The molecule has 0 aromatic heterocycles. The fraction of sp³-hybridized carbons (Fsp3) is 0.417. The van der Waals surface area contributed by atoms with Crippen molar-refractivity contribution >= 4 is 27.6 Å². The molecule has 0 spiro atoms. The van der Waals surface area contributed by atoms with Gasteiger partial charge in [0.2, 0.25) is 10.0 Å². The lowest BCUT2D eigenvalue weighted by Crippen LogP contribution is -2.43. The maximum Gasteiger partial charge on any atom is 0.303 e. The van der Waals surface area contributed by atoms with Crippen LogP contribution in [0.4, 0.5) is 0 Å². The molecule has 0 radical (unpaired) electrons. The summed E-state index contributed by atoms with van der Waals surface area (Å²) in [7, 11) is -3.72. The smallest absolute Gasteiger partial charge is 0.303 e. The first-order valence-corrected chi connectivity index (χ1v) is 7.50. The second-order valence-corrected chi connectivity index (χ2v) is 6.96. The average molecular weight is 306 g/mol. The average Bonchev–Trinajstić information content (AvgIpc) is 2.25. The maximum absolute atomic E-state index is 12.1. The molecule has 0 saturated carbocycles. The van der Waals surface area contributed by atoms with Crippen LogP contribution >= 0.6 is 11.6 Å². The van der Waals surface area contributed by atoms with E-state index >= 15 is 0 Å². The molecular formula is C12H16ClNO4S. The van der Waals surface area contributed by atoms with Crippen molar-refractivity contribution in [2.24, 2.45) is 0 Å². The summed E-state index contributed by atoms with van der Waals surface area (Å²) in [6.45, 7) is 3.27. The number of benzene rings is 1. The Labute approximate surface area is 117 Å². The molecular weight excluding hydrogens is 290 g/mol. The molecule has 0 bridgehead atoms. The van der Waals surface area contributed by atoms with Gasteiger partial charge in [-0.2, -0.15) is 0 Å². The molecule has 0 fully saturated rings. The highest BCUT2D eigenvalue weighted by Crippen LogP contribution is 2.19. The van der Waals surface area contributed by atoms with Crippen LogP contribution in [0.2, 0.25) is 5.02 Å². The Morgan fingerprint density at radius 2 is 2.05 bits per heavy atom. The van der Waals surface area contributed by atoms with Gasteiger partial charge in [0.1, 0.15) is 0 Å². The third-order valence-electron chi connectivity index (χ3n) is 2.48. The molecule has 0 aliphatic carbocycles. The molecule has 0 heterocycles. The van der Waals surface area contributed by atoms with Gasteiger partial charge in [-0.15, -0.1) is 0 Å². The minimum atomic E-state index is -3.72. The van der Waals surface area contributed by atoms with Crippen molar-refractivity contribution < 1.29 is 18.3 Å². The number of carboxylic acids is 1. The maximum atomic E-state index is 12.1. The van der Waals surface area contributed by atoms with Gasteiger partial charge in [0.25, 0.3) is 0 Å². The molecule has 0 unspecified atom stereocenters. The highest BCUT2D eigenvalue weighted by Gasteiger charge is 2.26. The van der Waals surface area contributed by atoms with Gasteiger partial charge in [0, 0.05) is 17.0 Å². The molecule has 0 aliphatic heterocycles. The quantitative estimate of drug-likeness (QED) is 0.844. The molecule has 1 aromatic carbocycles. The second-order valence-electron chi connectivity index (χ2n) is 4.84. The lowest BCUT2D eigenvalue weighted by molar-refractivity contribution is -0.137. The van der Waals surface area contributed by atoms with Gasteiger partial charge in [-0.1, -0.05) is 17.7 Å². The topological polar surface area (TPSA) is 83.5 Å². The number of rotatable bonds is 6. The van der Waals surface area contributed by atoms with Gasteiger partial charge in [-0.25, -0.2) is 13.1 Å².